The monoisotopic (exact) mass is 211 g/mol. The van der Waals surface area contributed by atoms with Gasteiger partial charge in [-0.1, -0.05) is 12.1 Å². The van der Waals surface area contributed by atoms with Gasteiger partial charge in [0.05, 0.1) is 12.7 Å². The van der Waals surface area contributed by atoms with Crippen LogP contribution in [0.4, 0.5) is 0 Å². The van der Waals surface area contributed by atoms with Crippen LogP contribution in [-0.4, -0.2) is 19.2 Å². The predicted molar refractivity (Wildman–Crippen MR) is 61.6 cm³/mol. The Morgan fingerprint density at radius 2 is 2.57 bits per heavy atom. The van der Waals surface area contributed by atoms with Crippen LogP contribution in [0.1, 0.15) is 11.8 Å². The lowest BCUT2D eigenvalue weighted by atomic mass is 10.4. The van der Waals surface area contributed by atoms with Crippen molar-refractivity contribution in [1.29, 1.82) is 0 Å². The first-order valence-corrected chi connectivity index (χ1v) is 5.66. The lowest BCUT2D eigenvalue weighted by Gasteiger charge is -2.12. The molecule has 0 saturated carbocycles. The molecule has 0 fully saturated rings. The molecule has 0 aliphatic rings. The van der Waals surface area contributed by atoms with Crippen molar-refractivity contribution in [3.8, 4) is 0 Å². The van der Waals surface area contributed by atoms with Gasteiger partial charge in [-0.3, -0.25) is 0 Å². The number of nitrogens with one attached hydrogen (secondary N) is 1. The molecule has 0 aliphatic carbocycles. The number of ether oxygens (including phenoxy) is 1. The van der Waals surface area contributed by atoms with Crippen molar-refractivity contribution in [2.75, 3.05) is 13.1 Å². The van der Waals surface area contributed by atoms with E-state index in [1.54, 1.807) is 11.3 Å². The highest BCUT2D eigenvalue weighted by Crippen LogP contribution is 2.10. The third-order valence-corrected chi connectivity index (χ3v) is 2.66. The summed E-state index contributed by atoms with van der Waals surface area (Å²) in [6.07, 6.45) is 2.10. The second-order valence-corrected chi connectivity index (χ2v) is 4.18. The molecule has 78 valence electrons. The van der Waals surface area contributed by atoms with Crippen molar-refractivity contribution in [2.24, 2.45) is 0 Å². The zero-order valence-corrected chi connectivity index (χ0v) is 9.35. The van der Waals surface area contributed by atoms with Crippen LogP contribution in [0.3, 0.4) is 0 Å². The van der Waals surface area contributed by atoms with E-state index < -0.39 is 0 Å². The van der Waals surface area contributed by atoms with Gasteiger partial charge >= 0.3 is 0 Å². The topological polar surface area (TPSA) is 21.3 Å². The van der Waals surface area contributed by atoms with Crippen LogP contribution < -0.4 is 5.32 Å². The first kappa shape index (κ1) is 11.4. The normalized spacial score (nSPS) is 12.6. The molecule has 0 saturated heterocycles. The van der Waals surface area contributed by atoms with Gasteiger partial charge in [0, 0.05) is 18.0 Å². The first-order valence-electron chi connectivity index (χ1n) is 4.78. The lowest BCUT2D eigenvalue weighted by Crippen LogP contribution is -2.26. The van der Waals surface area contributed by atoms with Crippen molar-refractivity contribution in [3.63, 3.8) is 0 Å². The molecule has 0 radical (unpaired) electrons. The average molecular weight is 211 g/mol. The summed E-state index contributed by atoms with van der Waals surface area (Å²) >= 11 is 1.73. The summed E-state index contributed by atoms with van der Waals surface area (Å²) in [5.41, 5.74) is 0. The van der Waals surface area contributed by atoms with Gasteiger partial charge in [0.1, 0.15) is 0 Å². The van der Waals surface area contributed by atoms with Gasteiger partial charge in [0.2, 0.25) is 0 Å². The summed E-state index contributed by atoms with van der Waals surface area (Å²) in [6.45, 7) is 8.14. The standard InChI is InChI=1S/C11H17NOS/c1-3-6-12-8-10(2)13-9-11-5-4-7-14-11/h3-5,7,10,12H,1,6,8-9H2,2H3. The molecule has 2 nitrogen and oxygen atoms in total. The van der Waals surface area contributed by atoms with Crippen LogP contribution in [0.15, 0.2) is 30.2 Å². The summed E-state index contributed by atoms with van der Waals surface area (Å²) in [5.74, 6) is 0. The Hall–Kier alpha value is -0.640. The third-order valence-electron chi connectivity index (χ3n) is 1.81. The van der Waals surface area contributed by atoms with Crippen LogP contribution in [-0.2, 0) is 11.3 Å². The molecule has 14 heavy (non-hydrogen) atoms. The minimum absolute atomic E-state index is 0.247. The molecule has 1 aromatic rings. The van der Waals surface area contributed by atoms with E-state index in [1.807, 2.05) is 12.1 Å². The first-order chi connectivity index (χ1) is 6.83. The molecule has 0 bridgehead atoms. The molecule has 0 spiro atoms. The van der Waals surface area contributed by atoms with E-state index in [0.29, 0.717) is 6.61 Å². The van der Waals surface area contributed by atoms with Gasteiger partial charge in [-0.25, -0.2) is 0 Å². The summed E-state index contributed by atoms with van der Waals surface area (Å²) in [6, 6.07) is 4.14. The highest BCUT2D eigenvalue weighted by molar-refractivity contribution is 7.09. The predicted octanol–water partition coefficient (Wildman–Crippen LogP) is 2.43. The minimum atomic E-state index is 0.247. The fourth-order valence-electron chi connectivity index (χ4n) is 1.07. The van der Waals surface area contributed by atoms with E-state index in [2.05, 4.69) is 30.3 Å². The van der Waals surface area contributed by atoms with E-state index in [0.717, 1.165) is 13.1 Å². The molecular weight excluding hydrogens is 194 g/mol. The minimum Gasteiger partial charge on any atom is -0.372 e. The van der Waals surface area contributed by atoms with Gasteiger partial charge < -0.3 is 10.1 Å². The van der Waals surface area contributed by atoms with Gasteiger partial charge in [0.25, 0.3) is 0 Å². The van der Waals surface area contributed by atoms with Crippen molar-refractivity contribution < 1.29 is 4.74 Å². The number of rotatable bonds is 7. The van der Waals surface area contributed by atoms with E-state index >= 15 is 0 Å². The van der Waals surface area contributed by atoms with Crippen LogP contribution in [0.25, 0.3) is 0 Å². The molecule has 1 atom stereocenters. The van der Waals surface area contributed by atoms with E-state index in [-0.39, 0.29) is 6.10 Å². The molecular formula is C11H17NOS. The molecule has 1 heterocycles. The molecule has 0 aliphatic heterocycles. The maximum Gasteiger partial charge on any atom is 0.0813 e. The molecule has 1 rings (SSSR count). The number of hydrogen-bond acceptors (Lipinski definition) is 3. The van der Waals surface area contributed by atoms with E-state index in [4.69, 9.17) is 4.74 Å². The lowest BCUT2D eigenvalue weighted by molar-refractivity contribution is 0.0555. The molecule has 1 unspecified atom stereocenters. The maximum atomic E-state index is 5.65. The smallest absolute Gasteiger partial charge is 0.0813 e. The zero-order valence-electron chi connectivity index (χ0n) is 8.53. The Balaban J connectivity index is 2.08. The molecule has 3 heteroatoms. The number of hydrogen-bond donors (Lipinski definition) is 1. The SMILES string of the molecule is C=CCNCC(C)OCc1cccs1. The van der Waals surface area contributed by atoms with Crippen molar-refractivity contribution >= 4 is 11.3 Å². The second kappa shape index (κ2) is 6.76. The Kier molecular flexibility index (Phi) is 5.52. The third kappa shape index (κ3) is 4.56. The van der Waals surface area contributed by atoms with E-state index in [9.17, 15) is 0 Å². The highest BCUT2D eigenvalue weighted by atomic mass is 32.1. The molecule has 0 aromatic carbocycles. The van der Waals surface area contributed by atoms with Gasteiger partial charge in [-0.2, -0.15) is 0 Å². The van der Waals surface area contributed by atoms with Crippen molar-refractivity contribution in [3.05, 3.63) is 35.0 Å². The molecule has 1 aromatic heterocycles. The Bertz CT molecular complexity index is 246. The van der Waals surface area contributed by atoms with Crippen molar-refractivity contribution in [1.82, 2.24) is 5.32 Å². The quantitative estimate of drug-likeness (QED) is 0.552. The van der Waals surface area contributed by atoms with Crippen LogP contribution in [0.2, 0.25) is 0 Å². The highest BCUT2D eigenvalue weighted by Gasteiger charge is 2.01. The summed E-state index contributed by atoms with van der Waals surface area (Å²) in [4.78, 5) is 1.28. The fourth-order valence-corrected chi connectivity index (χ4v) is 1.69. The van der Waals surface area contributed by atoms with Crippen LogP contribution in [0, 0.1) is 0 Å². The van der Waals surface area contributed by atoms with E-state index in [1.165, 1.54) is 4.88 Å². The van der Waals surface area contributed by atoms with Gasteiger partial charge in [-0.15, -0.1) is 17.9 Å². The maximum absolute atomic E-state index is 5.65. The molecule has 0 amide bonds. The second-order valence-electron chi connectivity index (χ2n) is 3.15. The Morgan fingerprint density at radius 3 is 3.21 bits per heavy atom. The van der Waals surface area contributed by atoms with Gasteiger partial charge in [0.15, 0.2) is 0 Å². The van der Waals surface area contributed by atoms with Crippen LogP contribution >= 0.6 is 11.3 Å². The fraction of sp³-hybridized carbons (Fsp3) is 0.455. The Morgan fingerprint density at radius 1 is 1.71 bits per heavy atom. The summed E-state index contributed by atoms with van der Waals surface area (Å²) < 4.78 is 5.65. The number of thiophene rings is 1. The largest absolute Gasteiger partial charge is 0.372 e. The average Bonchev–Trinajstić information content (AvgIpc) is 2.68. The zero-order chi connectivity index (χ0) is 10.2. The van der Waals surface area contributed by atoms with Crippen molar-refractivity contribution in [2.45, 2.75) is 19.6 Å². The summed E-state index contributed by atoms with van der Waals surface area (Å²) in [5, 5.41) is 5.29. The molecule has 1 N–H and O–H groups in total. The van der Waals surface area contributed by atoms with Gasteiger partial charge in [-0.05, 0) is 18.4 Å². The summed E-state index contributed by atoms with van der Waals surface area (Å²) in [7, 11) is 0. The Labute approximate surface area is 89.6 Å². The van der Waals surface area contributed by atoms with Crippen LogP contribution in [0.5, 0.6) is 0 Å².